The number of halogens is 2. The Bertz CT molecular complexity index is 490. The predicted molar refractivity (Wildman–Crippen MR) is 78.4 cm³/mol. The molecule has 0 saturated carbocycles. The Morgan fingerprint density at radius 1 is 1.42 bits per heavy atom. The van der Waals surface area contributed by atoms with E-state index in [2.05, 4.69) is 31.9 Å². The number of hydrogen-bond donors (Lipinski definition) is 0. The Labute approximate surface area is 128 Å². The van der Waals surface area contributed by atoms with E-state index in [4.69, 9.17) is 14.2 Å². The van der Waals surface area contributed by atoms with Gasteiger partial charge in [0.05, 0.1) is 23.4 Å². The molecule has 0 N–H and O–H groups in total. The molecule has 2 atom stereocenters. The van der Waals surface area contributed by atoms with Crippen molar-refractivity contribution in [2.24, 2.45) is 0 Å². The Morgan fingerprint density at radius 2 is 2.16 bits per heavy atom. The summed E-state index contributed by atoms with van der Waals surface area (Å²) in [7, 11) is 2.95. The van der Waals surface area contributed by atoms with E-state index >= 15 is 0 Å². The van der Waals surface area contributed by atoms with Crippen molar-refractivity contribution in [1.29, 1.82) is 0 Å². The van der Waals surface area contributed by atoms with Gasteiger partial charge in [0.1, 0.15) is 17.9 Å². The molecule has 1 aromatic carbocycles. The average Bonchev–Trinajstić information content (AvgIpc) is 2.42. The molecule has 19 heavy (non-hydrogen) atoms. The van der Waals surface area contributed by atoms with Gasteiger partial charge in [0.25, 0.3) is 0 Å². The lowest BCUT2D eigenvalue weighted by Gasteiger charge is -2.28. The van der Waals surface area contributed by atoms with Gasteiger partial charge in [-0.1, -0.05) is 44.0 Å². The van der Waals surface area contributed by atoms with Crippen LogP contribution in [0.5, 0.6) is 5.75 Å². The summed E-state index contributed by atoms with van der Waals surface area (Å²) in [5, 5.41) is 0. The third kappa shape index (κ3) is 2.80. The van der Waals surface area contributed by atoms with Gasteiger partial charge in [0, 0.05) is 12.7 Å². The number of esters is 1. The second kappa shape index (κ2) is 6.24. The van der Waals surface area contributed by atoms with Crippen LogP contribution in [0.2, 0.25) is 0 Å². The molecule has 1 heterocycles. The fourth-order valence-corrected chi connectivity index (χ4v) is 2.99. The van der Waals surface area contributed by atoms with E-state index < -0.39 is 5.97 Å². The molecule has 2 rings (SSSR count). The minimum absolute atomic E-state index is 0.0938. The molecule has 0 aromatic heterocycles. The standard InChI is InChI=1S/C13H14Br2O4/c1-17-5-7-3-4-8-11(15)9(14)6-19-12(8)10(7)13(16)18-2/h3-4,9,11H,5-6H2,1-2H3/t9-,11+/m1/s1. The minimum Gasteiger partial charge on any atom is -0.491 e. The summed E-state index contributed by atoms with van der Waals surface area (Å²) in [6.07, 6.45) is 0. The molecule has 0 fully saturated rings. The monoisotopic (exact) mass is 392 g/mol. The number of carbonyl (C=O) groups is 1. The molecular formula is C13H14Br2O4. The zero-order valence-corrected chi connectivity index (χ0v) is 13.8. The van der Waals surface area contributed by atoms with Gasteiger partial charge < -0.3 is 14.2 Å². The van der Waals surface area contributed by atoms with Crippen molar-refractivity contribution >= 4 is 37.8 Å². The topological polar surface area (TPSA) is 44.8 Å². The van der Waals surface area contributed by atoms with Crippen LogP contribution in [-0.4, -0.2) is 31.6 Å². The first-order chi connectivity index (χ1) is 9.10. The molecule has 0 amide bonds. The maximum atomic E-state index is 12.0. The smallest absolute Gasteiger partial charge is 0.342 e. The van der Waals surface area contributed by atoms with E-state index in [1.807, 2.05) is 12.1 Å². The second-order valence-corrected chi connectivity index (χ2v) is 6.33. The fraction of sp³-hybridized carbons (Fsp3) is 0.462. The van der Waals surface area contributed by atoms with Gasteiger partial charge in [0.2, 0.25) is 0 Å². The predicted octanol–water partition coefficient (Wildman–Crippen LogP) is 3.21. The third-order valence-electron chi connectivity index (χ3n) is 2.97. The van der Waals surface area contributed by atoms with Crippen molar-refractivity contribution in [3.8, 4) is 5.75 Å². The number of fused-ring (bicyclic) bond motifs is 1. The summed E-state index contributed by atoms with van der Waals surface area (Å²) in [4.78, 5) is 12.2. The zero-order chi connectivity index (χ0) is 14.0. The molecule has 0 radical (unpaired) electrons. The van der Waals surface area contributed by atoms with E-state index in [9.17, 15) is 4.79 Å². The normalized spacial score (nSPS) is 21.5. The SMILES string of the molecule is COCc1ccc2c(c1C(=O)OC)OC[C@@H](Br)[C@H]2Br. The first-order valence-corrected chi connectivity index (χ1v) is 7.57. The first-order valence-electron chi connectivity index (χ1n) is 5.74. The van der Waals surface area contributed by atoms with Crippen LogP contribution in [0.3, 0.4) is 0 Å². The van der Waals surface area contributed by atoms with Crippen LogP contribution >= 0.6 is 31.9 Å². The van der Waals surface area contributed by atoms with Gasteiger partial charge in [-0.05, 0) is 5.56 Å². The quantitative estimate of drug-likeness (QED) is 0.584. The van der Waals surface area contributed by atoms with Gasteiger partial charge in [-0.15, -0.1) is 0 Å². The molecule has 0 spiro atoms. The molecule has 104 valence electrons. The number of methoxy groups -OCH3 is 2. The van der Waals surface area contributed by atoms with E-state index in [1.165, 1.54) is 7.11 Å². The van der Waals surface area contributed by atoms with Crippen LogP contribution in [0.25, 0.3) is 0 Å². The number of ether oxygens (including phenoxy) is 3. The van der Waals surface area contributed by atoms with Gasteiger partial charge in [-0.25, -0.2) is 4.79 Å². The van der Waals surface area contributed by atoms with E-state index in [0.29, 0.717) is 24.5 Å². The van der Waals surface area contributed by atoms with Crippen molar-refractivity contribution in [3.63, 3.8) is 0 Å². The molecule has 0 bridgehead atoms. The van der Waals surface area contributed by atoms with Crippen molar-refractivity contribution < 1.29 is 19.0 Å². The average molecular weight is 394 g/mol. The largest absolute Gasteiger partial charge is 0.491 e. The first kappa shape index (κ1) is 14.8. The zero-order valence-electron chi connectivity index (χ0n) is 10.6. The third-order valence-corrected chi connectivity index (χ3v) is 5.60. The van der Waals surface area contributed by atoms with Crippen LogP contribution in [0, 0.1) is 0 Å². The molecule has 0 saturated heterocycles. The Hall–Kier alpha value is -0.590. The van der Waals surface area contributed by atoms with E-state index in [1.54, 1.807) is 7.11 Å². The van der Waals surface area contributed by atoms with Crippen molar-refractivity contribution in [3.05, 3.63) is 28.8 Å². The molecule has 1 aliphatic rings. The lowest BCUT2D eigenvalue weighted by Crippen LogP contribution is -2.25. The molecule has 1 aliphatic heterocycles. The highest BCUT2D eigenvalue weighted by Gasteiger charge is 2.32. The van der Waals surface area contributed by atoms with E-state index in [0.717, 1.165) is 11.1 Å². The van der Waals surface area contributed by atoms with Crippen molar-refractivity contribution in [1.82, 2.24) is 0 Å². The van der Waals surface area contributed by atoms with Crippen LogP contribution in [0.1, 0.15) is 26.3 Å². The Kier molecular flexibility index (Phi) is 4.86. The van der Waals surface area contributed by atoms with Crippen molar-refractivity contribution in [2.45, 2.75) is 16.3 Å². The van der Waals surface area contributed by atoms with Crippen LogP contribution in [0.15, 0.2) is 12.1 Å². The lowest BCUT2D eigenvalue weighted by atomic mass is 9.98. The van der Waals surface area contributed by atoms with E-state index in [-0.39, 0.29) is 9.65 Å². The molecule has 4 nitrogen and oxygen atoms in total. The minimum atomic E-state index is -0.406. The summed E-state index contributed by atoms with van der Waals surface area (Å²) in [5.74, 6) is 0.176. The Balaban J connectivity index is 2.56. The maximum Gasteiger partial charge on any atom is 0.342 e. The second-order valence-electron chi connectivity index (χ2n) is 4.17. The summed E-state index contributed by atoms with van der Waals surface area (Å²) >= 11 is 7.15. The highest BCUT2D eigenvalue weighted by molar-refractivity contribution is 9.12. The molecular weight excluding hydrogens is 380 g/mol. The molecule has 1 aromatic rings. The number of hydrogen-bond acceptors (Lipinski definition) is 4. The summed E-state index contributed by atoms with van der Waals surface area (Å²) in [5.41, 5.74) is 2.15. The number of carbonyl (C=O) groups excluding carboxylic acids is 1. The van der Waals surface area contributed by atoms with Gasteiger partial charge >= 0.3 is 5.97 Å². The number of rotatable bonds is 3. The summed E-state index contributed by atoms with van der Waals surface area (Å²) in [6, 6.07) is 3.82. The van der Waals surface area contributed by atoms with Gasteiger partial charge in [0.15, 0.2) is 0 Å². The molecule has 0 unspecified atom stereocenters. The Morgan fingerprint density at radius 3 is 2.79 bits per heavy atom. The van der Waals surface area contributed by atoms with Crippen molar-refractivity contribution in [2.75, 3.05) is 20.8 Å². The van der Waals surface area contributed by atoms with Crippen LogP contribution < -0.4 is 4.74 Å². The summed E-state index contributed by atoms with van der Waals surface area (Å²) in [6.45, 7) is 0.828. The fourth-order valence-electron chi connectivity index (χ4n) is 2.06. The summed E-state index contributed by atoms with van der Waals surface area (Å²) < 4.78 is 15.7. The van der Waals surface area contributed by atoms with Gasteiger partial charge in [-0.2, -0.15) is 0 Å². The number of benzene rings is 1. The molecule has 6 heteroatoms. The molecule has 0 aliphatic carbocycles. The maximum absolute atomic E-state index is 12.0. The lowest BCUT2D eigenvalue weighted by molar-refractivity contribution is 0.0589. The van der Waals surface area contributed by atoms with Crippen LogP contribution in [0.4, 0.5) is 0 Å². The highest BCUT2D eigenvalue weighted by atomic mass is 79.9. The number of alkyl halides is 2. The van der Waals surface area contributed by atoms with Crippen LogP contribution in [-0.2, 0) is 16.1 Å². The van der Waals surface area contributed by atoms with Gasteiger partial charge in [-0.3, -0.25) is 0 Å². The highest BCUT2D eigenvalue weighted by Crippen LogP contribution is 2.43.